The van der Waals surface area contributed by atoms with Crippen LogP contribution in [0.3, 0.4) is 0 Å². The van der Waals surface area contributed by atoms with Crippen molar-refractivity contribution >= 4 is 29.1 Å². The van der Waals surface area contributed by atoms with E-state index in [4.69, 9.17) is 15.9 Å². The average molecular weight is 415 g/mol. The van der Waals surface area contributed by atoms with Crippen LogP contribution < -0.4 is 5.73 Å². The number of imidazole rings is 1. The standard InChI is InChI=1S/C14H12O3S.C6H9N3O2/c1-9(14(16)17)11-7-8-12(18-11)13(15)10-5-3-2-4-6-10;7-5(6(10)11)1-4-2-8-3-9-4/h2-9H,1H3,(H,16,17);2-3,5H,1,7H2,(H,8,9)(H,10,11)/t;5-/m.0/s1. The molecule has 1 unspecified atom stereocenters. The molecule has 0 saturated heterocycles. The van der Waals surface area contributed by atoms with Crippen LogP contribution in [0, 0.1) is 0 Å². The molecule has 8 nitrogen and oxygen atoms in total. The highest BCUT2D eigenvalue weighted by Crippen LogP contribution is 2.26. The Kier molecular flexibility index (Phi) is 7.81. The second-order valence-corrected chi connectivity index (χ2v) is 7.30. The van der Waals surface area contributed by atoms with E-state index in [2.05, 4.69) is 9.97 Å². The number of rotatable bonds is 7. The number of thiophene rings is 1. The molecule has 0 aliphatic carbocycles. The summed E-state index contributed by atoms with van der Waals surface area (Å²) in [4.78, 5) is 41.0. The third-order valence-corrected chi connectivity index (χ3v) is 5.26. The van der Waals surface area contributed by atoms with E-state index in [1.54, 1.807) is 37.4 Å². The number of ketones is 1. The second kappa shape index (κ2) is 10.3. The molecule has 2 heterocycles. The molecule has 2 aromatic heterocycles. The molecule has 3 aromatic rings. The minimum absolute atomic E-state index is 0.0653. The first-order chi connectivity index (χ1) is 13.8. The smallest absolute Gasteiger partial charge is 0.320 e. The monoisotopic (exact) mass is 415 g/mol. The summed E-state index contributed by atoms with van der Waals surface area (Å²) in [6.07, 6.45) is 3.34. The Morgan fingerprint density at radius 2 is 1.79 bits per heavy atom. The van der Waals surface area contributed by atoms with E-state index in [1.807, 2.05) is 18.2 Å². The molecular formula is C20H21N3O5S. The summed E-state index contributed by atoms with van der Waals surface area (Å²) in [6, 6.07) is 11.5. The number of hydrogen-bond acceptors (Lipinski definition) is 6. The van der Waals surface area contributed by atoms with Gasteiger partial charge in [0.1, 0.15) is 6.04 Å². The molecule has 1 aromatic carbocycles. The molecule has 0 radical (unpaired) electrons. The minimum atomic E-state index is -1.00. The van der Waals surface area contributed by atoms with Crippen LogP contribution in [0.25, 0.3) is 0 Å². The number of carbonyl (C=O) groups is 3. The number of carbonyl (C=O) groups excluding carboxylic acids is 1. The van der Waals surface area contributed by atoms with Crippen LogP contribution in [0.2, 0.25) is 0 Å². The third kappa shape index (κ3) is 6.37. The Hall–Kier alpha value is -3.30. The van der Waals surface area contributed by atoms with Crippen LogP contribution in [0.1, 0.15) is 38.6 Å². The van der Waals surface area contributed by atoms with Crippen molar-refractivity contribution in [2.45, 2.75) is 25.3 Å². The summed E-state index contributed by atoms with van der Waals surface area (Å²) in [5.41, 5.74) is 6.62. The molecule has 0 aliphatic heterocycles. The predicted molar refractivity (Wildman–Crippen MR) is 108 cm³/mol. The van der Waals surface area contributed by atoms with Gasteiger partial charge in [-0.1, -0.05) is 30.3 Å². The molecule has 152 valence electrons. The molecule has 0 bridgehead atoms. The van der Waals surface area contributed by atoms with Crippen molar-refractivity contribution < 1.29 is 24.6 Å². The Balaban J connectivity index is 0.000000234. The van der Waals surface area contributed by atoms with Gasteiger partial charge in [-0.05, 0) is 19.1 Å². The molecule has 2 atom stereocenters. The van der Waals surface area contributed by atoms with Gasteiger partial charge in [-0.2, -0.15) is 0 Å². The molecule has 0 amide bonds. The molecule has 9 heteroatoms. The summed E-state index contributed by atoms with van der Waals surface area (Å²) >= 11 is 1.24. The molecule has 3 rings (SSSR count). The molecule has 0 fully saturated rings. The van der Waals surface area contributed by atoms with E-state index in [0.717, 1.165) is 5.69 Å². The lowest BCUT2D eigenvalue weighted by Crippen LogP contribution is -2.32. The SMILES string of the molecule is CC(C(=O)O)c1ccc(C(=O)c2ccccc2)s1.N[C@@H](Cc1cnc[nH]1)C(=O)O. The fourth-order valence-corrected chi connectivity index (χ4v) is 3.30. The van der Waals surface area contributed by atoms with Gasteiger partial charge in [0.25, 0.3) is 0 Å². The van der Waals surface area contributed by atoms with E-state index >= 15 is 0 Å². The average Bonchev–Trinajstić information content (AvgIpc) is 3.40. The number of nitrogens with zero attached hydrogens (tertiary/aromatic N) is 1. The lowest BCUT2D eigenvalue weighted by Gasteiger charge is -2.02. The van der Waals surface area contributed by atoms with Crippen molar-refractivity contribution in [2.24, 2.45) is 5.73 Å². The highest BCUT2D eigenvalue weighted by molar-refractivity contribution is 7.14. The largest absolute Gasteiger partial charge is 0.481 e. The maximum absolute atomic E-state index is 12.1. The number of carboxylic acids is 2. The fraction of sp³-hybridized carbons (Fsp3) is 0.200. The van der Waals surface area contributed by atoms with E-state index in [0.29, 0.717) is 15.3 Å². The third-order valence-electron chi connectivity index (χ3n) is 4.00. The maximum Gasteiger partial charge on any atom is 0.320 e. The van der Waals surface area contributed by atoms with Crippen molar-refractivity contribution in [1.29, 1.82) is 0 Å². The summed E-state index contributed by atoms with van der Waals surface area (Å²) in [5, 5.41) is 17.3. The number of carboxylic acid groups (broad SMARTS) is 2. The van der Waals surface area contributed by atoms with Gasteiger partial charge in [-0.15, -0.1) is 11.3 Å². The van der Waals surface area contributed by atoms with Crippen molar-refractivity contribution in [3.63, 3.8) is 0 Å². The van der Waals surface area contributed by atoms with Gasteiger partial charge < -0.3 is 20.9 Å². The normalized spacial score (nSPS) is 12.3. The van der Waals surface area contributed by atoms with Gasteiger partial charge in [-0.3, -0.25) is 14.4 Å². The van der Waals surface area contributed by atoms with Crippen molar-refractivity contribution in [3.05, 3.63) is 76.0 Å². The van der Waals surface area contributed by atoms with Crippen LogP contribution in [-0.2, 0) is 16.0 Å². The zero-order chi connectivity index (χ0) is 21.4. The quantitative estimate of drug-likeness (QED) is 0.434. The highest BCUT2D eigenvalue weighted by atomic mass is 32.1. The summed E-state index contributed by atoms with van der Waals surface area (Å²) < 4.78 is 0. The summed E-state index contributed by atoms with van der Waals surface area (Å²) in [7, 11) is 0. The van der Waals surface area contributed by atoms with Crippen LogP contribution in [0.4, 0.5) is 0 Å². The number of aliphatic carboxylic acids is 2. The lowest BCUT2D eigenvalue weighted by molar-refractivity contribution is -0.139. The number of benzene rings is 1. The molecular weight excluding hydrogens is 394 g/mol. The maximum atomic E-state index is 12.1. The van der Waals surface area contributed by atoms with Gasteiger partial charge in [0.05, 0.1) is 17.1 Å². The van der Waals surface area contributed by atoms with E-state index < -0.39 is 23.9 Å². The van der Waals surface area contributed by atoms with Crippen molar-refractivity contribution in [1.82, 2.24) is 9.97 Å². The first-order valence-electron chi connectivity index (χ1n) is 8.67. The van der Waals surface area contributed by atoms with Gasteiger partial charge >= 0.3 is 11.9 Å². The van der Waals surface area contributed by atoms with Crippen LogP contribution in [0.5, 0.6) is 0 Å². The van der Waals surface area contributed by atoms with E-state index in [-0.39, 0.29) is 12.2 Å². The van der Waals surface area contributed by atoms with E-state index in [9.17, 15) is 14.4 Å². The van der Waals surface area contributed by atoms with E-state index in [1.165, 1.54) is 17.7 Å². The van der Waals surface area contributed by atoms with Crippen molar-refractivity contribution in [3.8, 4) is 0 Å². The molecule has 29 heavy (non-hydrogen) atoms. The Labute approximate surface area is 171 Å². The zero-order valence-corrected chi connectivity index (χ0v) is 16.4. The topological polar surface area (TPSA) is 146 Å². The molecule has 0 aliphatic rings. The minimum Gasteiger partial charge on any atom is -0.481 e. The molecule has 0 spiro atoms. The first-order valence-corrected chi connectivity index (χ1v) is 9.49. The number of hydrogen-bond donors (Lipinski definition) is 4. The second-order valence-electron chi connectivity index (χ2n) is 6.18. The Bertz CT molecular complexity index is 954. The lowest BCUT2D eigenvalue weighted by atomic mass is 10.1. The van der Waals surface area contributed by atoms with Gasteiger partial charge in [-0.25, -0.2) is 4.98 Å². The van der Waals surface area contributed by atoms with Gasteiger partial charge in [0, 0.05) is 28.8 Å². The summed E-state index contributed by atoms with van der Waals surface area (Å²) in [6.45, 7) is 1.62. The van der Waals surface area contributed by atoms with Crippen LogP contribution >= 0.6 is 11.3 Å². The van der Waals surface area contributed by atoms with Crippen LogP contribution in [-0.4, -0.2) is 43.9 Å². The number of H-pyrrole nitrogens is 1. The van der Waals surface area contributed by atoms with Crippen molar-refractivity contribution in [2.75, 3.05) is 0 Å². The number of nitrogens with two attached hydrogens (primary N) is 1. The fourth-order valence-electron chi connectivity index (χ4n) is 2.28. The van der Waals surface area contributed by atoms with Gasteiger partial charge in [0.2, 0.25) is 5.78 Å². The highest BCUT2D eigenvalue weighted by Gasteiger charge is 2.18. The number of aromatic nitrogens is 2. The molecule has 5 N–H and O–H groups in total. The summed E-state index contributed by atoms with van der Waals surface area (Å²) in [5.74, 6) is -2.52. The predicted octanol–water partition coefficient (Wildman–Crippen LogP) is 2.53. The number of aromatic amines is 1. The number of nitrogens with one attached hydrogen (secondary N) is 1. The van der Waals surface area contributed by atoms with Crippen LogP contribution in [0.15, 0.2) is 55.0 Å². The Morgan fingerprint density at radius 1 is 1.10 bits per heavy atom. The Morgan fingerprint density at radius 3 is 2.34 bits per heavy atom. The molecule has 0 saturated carbocycles. The zero-order valence-electron chi connectivity index (χ0n) is 15.6. The van der Waals surface area contributed by atoms with Gasteiger partial charge in [0.15, 0.2) is 0 Å². The first kappa shape index (κ1) is 22.0.